The van der Waals surface area contributed by atoms with Crippen LogP contribution in [-0.2, 0) is 14.4 Å². The number of rotatable bonds is 7. The van der Waals surface area contributed by atoms with Gasteiger partial charge in [0.1, 0.15) is 0 Å². The average molecular weight is 310 g/mol. The molecule has 1 aliphatic rings. The van der Waals surface area contributed by atoms with E-state index < -0.39 is 17.8 Å². The quantitative estimate of drug-likeness (QED) is 0.488. The summed E-state index contributed by atoms with van der Waals surface area (Å²) in [6.45, 7) is 8.08. The van der Waals surface area contributed by atoms with Gasteiger partial charge in [0.25, 0.3) is 0 Å². The van der Waals surface area contributed by atoms with E-state index in [4.69, 9.17) is 5.11 Å². The van der Waals surface area contributed by atoms with Crippen LogP contribution in [0.25, 0.3) is 0 Å². The van der Waals surface area contributed by atoms with Gasteiger partial charge >= 0.3 is 5.97 Å². The predicted octanol–water partition coefficient (Wildman–Crippen LogP) is 1.32. The van der Waals surface area contributed by atoms with E-state index in [-0.39, 0.29) is 17.7 Å². The fraction of sp³-hybridized carbons (Fsp3) is 0.688. The van der Waals surface area contributed by atoms with Crippen LogP contribution in [0.1, 0.15) is 39.5 Å². The Morgan fingerprint density at radius 2 is 1.64 bits per heavy atom. The van der Waals surface area contributed by atoms with E-state index >= 15 is 0 Å². The van der Waals surface area contributed by atoms with Crippen LogP contribution in [0, 0.1) is 17.8 Å². The molecular weight excluding hydrogens is 284 g/mol. The number of carbonyl (C=O) groups is 3. The lowest BCUT2D eigenvalue weighted by Gasteiger charge is -2.27. The molecule has 1 saturated carbocycles. The molecule has 2 amide bonds. The van der Waals surface area contributed by atoms with Crippen LogP contribution in [0.15, 0.2) is 12.2 Å². The van der Waals surface area contributed by atoms with Gasteiger partial charge in [-0.15, -0.1) is 0 Å². The Bertz CT molecular complexity index is 445. The monoisotopic (exact) mass is 310 g/mol. The molecule has 0 saturated heterocycles. The number of hydrogen-bond donors (Lipinski definition) is 3. The molecule has 3 N–H and O–H groups in total. The first-order valence-corrected chi connectivity index (χ1v) is 7.82. The first-order chi connectivity index (χ1) is 10.3. The summed E-state index contributed by atoms with van der Waals surface area (Å²) < 4.78 is 0. The molecule has 0 heterocycles. The molecule has 0 bridgehead atoms. The SMILES string of the molecule is C=C(C(=O)NCCNC(=O)C1CCCCC1C(=O)O)C(C)C. The van der Waals surface area contributed by atoms with Gasteiger partial charge < -0.3 is 15.7 Å². The summed E-state index contributed by atoms with van der Waals surface area (Å²) in [6.07, 6.45) is 2.90. The standard InChI is InChI=1S/C16H26N2O4/c1-10(2)11(3)14(19)17-8-9-18-15(20)12-6-4-5-7-13(12)16(21)22/h10,12-13H,3-9H2,1-2H3,(H,17,19)(H,18,20)(H,21,22). The van der Waals surface area contributed by atoms with Crippen molar-refractivity contribution in [3.8, 4) is 0 Å². The van der Waals surface area contributed by atoms with Crippen LogP contribution < -0.4 is 10.6 Å². The maximum atomic E-state index is 12.1. The van der Waals surface area contributed by atoms with Gasteiger partial charge in [-0.1, -0.05) is 33.3 Å². The summed E-state index contributed by atoms with van der Waals surface area (Å²) in [4.78, 5) is 34.9. The minimum atomic E-state index is -0.901. The van der Waals surface area contributed by atoms with Crippen LogP contribution in [0.3, 0.4) is 0 Å². The van der Waals surface area contributed by atoms with Crippen LogP contribution >= 0.6 is 0 Å². The largest absolute Gasteiger partial charge is 0.481 e. The molecule has 0 aromatic heterocycles. The molecule has 1 rings (SSSR count). The number of nitrogens with one attached hydrogen (secondary N) is 2. The smallest absolute Gasteiger partial charge is 0.307 e. The predicted molar refractivity (Wildman–Crippen MR) is 83.1 cm³/mol. The zero-order valence-corrected chi connectivity index (χ0v) is 13.4. The molecule has 0 radical (unpaired) electrons. The topological polar surface area (TPSA) is 95.5 Å². The van der Waals surface area contributed by atoms with Gasteiger partial charge in [0.15, 0.2) is 0 Å². The van der Waals surface area contributed by atoms with E-state index in [1.54, 1.807) is 0 Å². The van der Waals surface area contributed by atoms with Crippen molar-refractivity contribution in [2.75, 3.05) is 13.1 Å². The van der Waals surface area contributed by atoms with Crippen molar-refractivity contribution in [3.05, 3.63) is 12.2 Å². The molecule has 6 nitrogen and oxygen atoms in total. The van der Waals surface area contributed by atoms with E-state index in [1.807, 2.05) is 13.8 Å². The lowest BCUT2D eigenvalue weighted by Crippen LogP contribution is -2.42. The molecule has 1 aliphatic carbocycles. The fourth-order valence-corrected chi connectivity index (χ4v) is 2.61. The summed E-state index contributed by atoms with van der Waals surface area (Å²) >= 11 is 0. The minimum absolute atomic E-state index is 0.0770. The normalized spacial score (nSPS) is 21.2. The number of hydrogen-bond acceptors (Lipinski definition) is 3. The lowest BCUT2D eigenvalue weighted by molar-refractivity contribution is -0.148. The van der Waals surface area contributed by atoms with Crippen molar-refractivity contribution >= 4 is 17.8 Å². The fourth-order valence-electron chi connectivity index (χ4n) is 2.61. The maximum absolute atomic E-state index is 12.1. The van der Waals surface area contributed by atoms with E-state index in [9.17, 15) is 14.4 Å². The summed E-state index contributed by atoms with van der Waals surface area (Å²) in [5, 5.41) is 14.6. The first-order valence-electron chi connectivity index (χ1n) is 7.82. The highest BCUT2D eigenvalue weighted by Crippen LogP contribution is 2.30. The second-order valence-corrected chi connectivity index (χ2v) is 6.06. The Morgan fingerprint density at radius 1 is 1.09 bits per heavy atom. The highest BCUT2D eigenvalue weighted by Gasteiger charge is 2.35. The lowest BCUT2D eigenvalue weighted by atomic mass is 9.79. The molecule has 1 fully saturated rings. The van der Waals surface area contributed by atoms with Crippen molar-refractivity contribution < 1.29 is 19.5 Å². The van der Waals surface area contributed by atoms with E-state index in [1.165, 1.54) is 0 Å². The van der Waals surface area contributed by atoms with E-state index in [2.05, 4.69) is 17.2 Å². The van der Waals surface area contributed by atoms with Crippen molar-refractivity contribution in [2.24, 2.45) is 17.8 Å². The van der Waals surface area contributed by atoms with Gasteiger partial charge in [-0.05, 0) is 18.8 Å². The Kier molecular flexibility index (Phi) is 7.08. The van der Waals surface area contributed by atoms with Crippen molar-refractivity contribution in [1.29, 1.82) is 0 Å². The molecule has 22 heavy (non-hydrogen) atoms. The van der Waals surface area contributed by atoms with Crippen molar-refractivity contribution in [1.82, 2.24) is 10.6 Å². The second kappa shape index (κ2) is 8.56. The Morgan fingerprint density at radius 3 is 2.18 bits per heavy atom. The highest BCUT2D eigenvalue weighted by molar-refractivity contribution is 5.93. The Balaban J connectivity index is 2.35. The van der Waals surface area contributed by atoms with Gasteiger partial charge in [-0.25, -0.2) is 0 Å². The van der Waals surface area contributed by atoms with E-state index in [0.717, 1.165) is 12.8 Å². The second-order valence-electron chi connectivity index (χ2n) is 6.06. The first kappa shape index (κ1) is 18.2. The van der Waals surface area contributed by atoms with E-state index in [0.29, 0.717) is 31.5 Å². The summed E-state index contributed by atoms with van der Waals surface area (Å²) in [6, 6.07) is 0. The number of carboxylic acid groups (broad SMARTS) is 1. The van der Waals surface area contributed by atoms with Crippen molar-refractivity contribution in [3.63, 3.8) is 0 Å². The number of carboxylic acids is 1. The van der Waals surface area contributed by atoms with Crippen LogP contribution in [0.2, 0.25) is 0 Å². The summed E-state index contributed by atoms with van der Waals surface area (Å²) in [5.41, 5.74) is 0.504. The maximum Gasteiger partial charge on any atom is 0.307 e. The molecule has 2 atom stereocenters. The minimum Gasteiger partial charge on any atom is -0.481 e. The van der Waals surface area contributed by atoms with Crippen LogP contribution in [-0.4, -0.2) is 36.0 Å². The third-order valence-corrected chi connectivity index (χ3v) is 4.12. The van der Waals surface area contributed by atoms with Gasteiger partial charge in [-0.2, -0.15) is 0 Å². The molecule has 2 unspecified atom stereocenters. The van der Waals surface area contributed by atoms with Crippen LogP contribution in [0.5, 0.6) is 0 Å². The molecule has 0 aliphatic heterocycles. The molecule has 124 valence electrons. The number of aliphatic carboxylic acids is 1. The van der Waals surface area contributed by atoms with Gasteiger partial charge in [0, 0.05) is 18.7 Å². The summed E-state index contributed by atoms with van der Waals surface area (Å²) in [5.74, 6) is -2.33. The molecule has 0 spiro atoms. The molecular formula is C16H26N2O4. The zero-order valence-electron chi connectivity index (χ0n) is 13.4. The zero-order chi connectivity index (χ0) is 16.7. The Labute approximate surface area is 131 Å². The number of carbonyl (C=O) groups excluding carboxylic acids is 2. The average Bonchev–Trinajstić information content (AvgIpc) is 2.50. The molecule has 0 aromatic carbocycles. The third-order valence-electron chi connectivity index (χ3n) is 4.12. The molecule has 6 heteroatoms. The van der Waals surface area contributed by atoms with Crippen molar-refractivity contribution in [2.45, 2.75) is 39.5 Å². The Hall–Kier alpha value is -1.85. The molecule has 0 aromatic rings. The highest BCUT2D eigenvalue weighted by atomic mass is 16.4. The van der Waals surface area contributed by atoms with Gasteiger partial charge in [0.2, 0.25) is 11.8 Å². The van der Waals surface area contributed by atoms with Crippen LogP contribution in [0.4, 0.5) is 0 Å². The van der Waals surface area contributed by atoms with Gasteiger partial charge in [-0.3, -0.25) is 14.4 Å². The summed E-state index contributed by atoms with van der Waals surface area (Å²) in [7, 11) is 0. The third kappa shape index (κ3) is 5.16. The number of amides is 2. The van der Waals surface area contributed by atoms with Gasteiger partial charge in [0.05, 0.1) is 11.8 Å².